The third-order valence-corrected chi connectivity index (χ3v) is 6.26. The molecular formula is C28H26FN3O2. The van der Waals surface area contributed by atoms with Crippen molar-refractivity contribution in [3.63, 3.8) is 0 Å². The van der Waals surface area contributed by atoms with Gasteiger partial charge in [-0.05, 0) is 55.7 Å². The fourth-order valence-electron chi connectivity index (χ4n) is 4.78. The number of nitrogens with zero attached hydrogens (tertiary/aromatic N) is 1. The molecule has 5 nitrogen and oxygen atoms in total. The number of aromatic amines is 1. The van der Waals surface area contributed by atoms with Gasteiger partial charge in [-0.1, -0.05) is 54.6 Å². The Morgan fingerprint density at radius 3 is 2.47 bits per heavy atom. The lowest BCUT2D eigenvalue weighted by Crippen LogP contribution is -2.52. The van der Waals surface area contributed by atoms with E-state index in [1.807, 2.05) is 75.4 Å². The van der Waals surface area contributed by atoms with Crippen LogP contribution in [-0.2, 0) is 11.3 Å². The standard InChI is InChI=1S/C28H26FN3O2/c1-28(2,3)32-25(26(33)30-16-17-9-5-4-6-10-17)20-12-8-7-11-19(20)23-21-15-18(29)13-14-22(21)31-24(23)27(32)34/h4-15,25,31H,16H2,1-3H3,(H,30,33). The molecule has 1 aliphatic heterocycles. The van der Waals surface area contributed by atoms with Gasteiger partial charge in [0.15, 0.2) is 0 Å². The number of fused-ring (bicyclic) bond motifs is 5. The van der Waals surface area contributed by atoms with Crippen molar-refractivity contribution in [3.05, 3.63) is 95.4 Å². The largest absolute Gasteiger partial charge is 0.350 e. The van der Waals surface area contributed by atoms with E-state index >= 15 is 0 Å². The van der Waals surface area contributed by atoms with Crippen LogP contribution in [0.5, 0.6) is 0 Å². The smallest absolute Gasteiger partial charge is 0.272 e. The summed E-state index contributed by atoms with van der Waals surface area (Å²) in [5.74, 6) is -0.941. The summed E-state index contributed by atoms with van der Waals surface area (Å²) in [7, 11) is 0. The predicted molar refractivity (Wildman–Crippen MR) is 131 cm³/mol. The Bertz CT molecular complexity index is 1400. The van der Waals surface area contributed by atoms with E-state index in [-0.39, 0.29) is 17.6 Å². The minimum Gasteiger partial charge on any atom is -0.350 e. The van der Waals surface area contributed by atoms with Crippen molar-refractivity contribution >= 4 is 22.7 Å². The summed E-state index contributed by atoms with van der Waals surface area (Å²) in [4.78, 5) is 32.6. The molecule has 2 amide bonds. The summed E-state index contributed by atoms with van der Waals surface area (Å²) in [6.07, 6.45) is 0. The molecule has 1 aliphatic rings. The van der Waals surface area contributed by atoms with Crippen LogP contribution in [-0.4, -0.2) is 27.2 Å². The van der Waals surface area contributed by atoms with Crippen LogP contribution < -0.4 is 5.32 Å². The van der Waals surface area contributed by atoms with Gasteiger partial charge in [-0.2, -0.15) is 0 Å². The zero-order valence-electron chi connectivity index (χ0n) is 19.4. The van der Waals surface area contributed by atoms with Gasteiger partial charge < -0.3 is 15.2 Å². The van der Waals surface area contributed by atoms with Gasteiger partial charge in [-0.25, -0.2) is 4.39 Å². The van der Waals surface area contributed by atoms with Crippen molar-refractivity contribution in [2.75, 3.05) is 0 Å². The van der Waals surface area contributed by atoms with Gasteiger partial charge in [0.25, 0.3) is 5.91 Å². The molecule has 1 atom stereocenters. The quantitative estimate of drug-likeness (QED) is 0.423. The molecule has 34 heavy (non-hydrogen) atoms. The monoisotopic (exact) mass is 455 g/mol. The number of rotatable bonds is 3. The summed E-state index contributed by atoms with van der Waals surface area (Å²) in [6.45, 7) is 6.10. The molecule has 2 heterocycles. The molecule has 0 spiro atoms. The molecule has 4 aromatic rings. The maximum absolute atomic E-state index is 14.2. The Morgan fingerprint density at radius 2 is 1.74 bits per heavy atom. The van der Waals surface area contributed by atoms with Crippen LogP contribution in [0.25, 0.3) is 22.0 Å². The zero-order chi connectivity index (χ0) is 24.0. The zero-order valence-corrected chi connectivity index (χ0v) is 19.4. The lowest BCUT2D eigenvalue weighted by Gasteiger charge is -2.40. The lowest BCUT2D eigenvalue weighted by molar-refractivity contribution is -0.127. The normalized spacial score (nSPS) is 15.6. The second-order valence-electron chi connectivity index (χ2n) is 9.60. The topological polar surface area (TPSA) is 65.2 Å². The highest BCUT2D eigenvalue weighted by atomic mass is 19.1. The van der Waals surface area contributed by atoms with E-state index in [9.17, 15) is 14.0 Å². The van der Waals surface area contributed by atoms with Gasteiger partial charge in [0.2, 0.25) is 5.91 Å². The van der Waals surface area contributed by atoms with Crippen molar-refractivity contribution in [3.8, 4) is 11.1 Å². The number of H-pyrrole nitrogens is 1. The molecule has 0 bridgehead atoms. The number of benzene rings is 3. The lowest BCUT2D eigenvalue weighted by atomic mass is 9.92. The average molecular weight is 456 g/mol. The fourth-order valence-corrected chi connectivity index (χ4v) is 4.78. The number of hydrogen-bond donors (Lipinski definition) is 2. The van der Waals surface area contributed by atoms with Crippen LogP contribution in [0.15, 0.2) is 72.8 Å². The van der Waals surface area contributed by atoms with Crippen molar-refractivity contribution in [2.45, 2.75) is 38.9 Å². The van der Waals surface area contributed by atoms with Crippen LogP contribution in [0.2, 0.25) is 0 Å². The van der Waals surface area contributed by atoms with Gasteiger partial charge in [-0.15, -0.1) is 0 Å². The number of amides is 2. The number of aromatic nitrogens is 1. The Labute approximate surface area is 197 Å². The predicted octanol–water partition coefficient (Wildman–Crippen LogP) is 5.59. The van der Waals surface area contributed by atoms with Crippen molar-refractivity contribution in [2.24, 2.45) is 0 Å². The van der Waals surface area contributed by atoms with E-state index in [4.69, 9.17) is 0 Å². The Morgan fingerprint density at radius 1 is 1.03 bits per heavy atom. The maximum Gasteiger partial charge on any atom is 0.272 e. The Balaban J connectivity index is 1.69. The molecule has 1 unspecified atom stereocenters. The summed E-state index contributed by atoms with van der Waals surface area (Å²) in [5, 5.41) is 3.64. The molecule has 6 heteroatoms. The number of hydrogen-bond acceptors (Lipinski definition) is 2. The SMILES string of the molecule is CC(C)(C)N1C(=O)c2[nH]c3ccc(F)cc3c2-c2ccccc2C1C(=O)NCc1ccccc1. The van der Waals surface area contributed by atoms with Crippen LogP contribution in [0, 0.1) is 5.82 Å². The summed E-state index contributed by atoms with van der Waals surface area (Å²) in [5.41, 5.74) is 3.43. The third kappa shape index (κ3) is 3.65. The van der Waals surface area contributed by atoms with Gasteiger partial charge >= 0.3 is 0 Å². The van der Waals surface area contributed by atoms with E-state index < -0.39 is 11.6 Å². The second kappa shape index (κ2) is 8.13. The minimum atomic E-state index is -0.850. The molecule has 172 valence electrons. The molecule has 0 fully saturated rings. The van der Waals surface area contributed by atoms with E-state index in [1.54, 1.807) is 11.0 Å². The molecule has 1 aromatic heterocycles. The molecular weight excluding hydrogens is 429 g/mol. The minimum absolute atomic E-state index is 0.264. The highest BCUT2D eigenvalue weighted by molar-refractivity contribution is 6.13. The molecule has 0 saturated carbocycles. The van der Waals surface area contributed by atoms with Gasteiger partial charge in [0.05, 0.1) is 0 Å². The highest BCUT2D eigenvalue weighted by Crippen LogP contribution is 2.44. The summed E-state index contributed by atoms with van der Waals surface area (Å²) >= 11 is 0. The molecule has 5 rings (SSSR count). The van der Waals surface area contributed by atoms with Crippen molar-refractivity contribution in [1.29, 1.82) is 0 Å². The first-order chi connectivity index (χ1) is 16.3. The van der Waals surface area contributed by atoms with E-state index in [2.05, 4.69) is 10.3 Å². The number of carbonyl (C=O) groups excluding carboxylic acids is 2. The first-order valence-corrected chi connectivity index (χ1v) is 11.3. The molecule has 0 radical (unpaired) electrons. The Kier molecular flexibility index (Phi) is 5.24. The van der Waals surface area contributed by atoms with Crippen LogP contribution >= 0.6 is 0 Å². The van der Waals surface area contributed by atoms with E-state index in [0.717, 1.165) is 11.1 Å². The Hall–Kier alpha value is -3.93. The van der Waals surface area contributed by atoms with Crippen molar-refractivity contribution < 1.29 is 14.0 Å². The second-order valence-corrected chi connectivity index (χ2v) is 9.60. The first-order valence-electron chi connectivity index (χ1n) is 11.3. The first kappa shape index (κ1) is 21.9. The number of nitrogens with one attached hydrogen (secondary N) is 2. The molecule has 2 N–H and O–H groups in total. The highest BCUT2D eigenvalue weighted by Gasteiger charge is 2.44. The van der Waals surface area contributed by atoms with Gasteiger partial charge in [-0.3, -0.25) is 9.59 Å². The van der Waals surface area contributed by atoms with Gasteiger partial charge in [0, 0.05) is 28.6 Å². The van der Waals surface area contributed by atoms with E-state index in [1.165, 1.54) is 12.1 Å². The fraction of sp³-hybridized carbons (Fsp3) is 0.214. The van der Waals surface area contributed by atoms with Crippen molar-refractivity contribution in [1.82, 2.24) is 15.2 Å². The molecule has 0 saturated heterocycles. The van der Waals surface area contributed by atoms with Gasteiger partial charge in [0.1, 0.15) is 17.6 Å². The third-order valence-electron chi connectivity index (χ3n) is 6.26. The van der Waals surface area contributed by atoms with E-state index in [0.29, 0.717) is 34.3 Å². The summed E-state index contributed by atoms with van der Waals surface area (Å²) in [6, 6.07) is 20.8. The maximum atomic E-state index is 14.2. The number of carbonyl (C=O) groups is 2. The molecule has 3 aromatic carbocycles. The van der Waals surface area contributed by atoms with Crippen LogP contribution in [0.1, 0.15) is 48.4 Å². The molecule has 0 aliphatic carbocycles. The van der Waals surface area contributed by atoms with Crippen LogP contribution in [0.4, 0.5) is 4.39 Å². The summed E-state index contributed by atoms with van der Waals surface area (Å²) < 4.78 is 14.2. The van der Waals surface area contributed by atoms with Crippen LogP contribution in [0.3, 0.4) is 0 Å². The number of halogens is 1. The average Bonchev–Trinajstić information content (AvgIpc) is 3.14.